The zero-order chi connectivity index (χ0) is 13.1. The summed E-state index contributed by atoms with van der Waals surface area (Å²) in [6, 6.07) is 9.06. The first-order valence-electron chi connectivity index (χ1n) is 7.91. The van der Waals surface area contributed by atoms with Crippen molar-refractivity contribution < 1.29 is 0 Å². The number of fused-ring (bicyclic) bond motifs is 1. The number of rotatable bonds is 3. The number of anilines is 1. The molecule has 1 aromatic carbocycles. The van der Waals surface area contributed by atoms with Crippen LogP contribution >= 0.6 is 0 Å². The fraction of sp³-hybridized carbons (Fsp3) is 0.647. The summed E-state index contributed by atoms with van der Waals surface area (Å²) in [5.41, 5.74) is 8.37. The van der Waals surface area contributed by atoms with Crippen LogP contribution in [-0.2, 0) is 6.42 Å². The van der Waals surface area contributed by atoms with Crippen molar-refractivity contribution in [3.63, 3.8) is 0 Å². The van der Waals surface area contributed by atoms with Crippen LogP contribution < -0.4 is 10.6 Å². The Morgan fingerprint density at radius 1 is 1.00 bits per heavy atom. The van der Waals surface area contributed by atoms with Crippen molar-refractivity contribution in [2.24, 2.45) is 17.6 Å². The van der Waals surface area contributed by atoms with Crippen LogP contribution in [0.5, 0.6) is 0 Å². The number of benzene rings is 1. The zero-order valence-corrected chi connectivity index (χ0v) is 11.9. The van der Waals surface area contributed by atoms with Crippen molar-refractivity contribution in [3.8, 4) is 0 Å². The van der Waals surface area contributed by atoms with E-state index in [0.717, 1.165) is 24.8 Å². The van der Waals surface area contributed by atoms with Crippen LogP contribution in [0.2, 0.25) is 0 Å². The van der Waals surface area contributed by atoms with E-state index in [0.29, 0.717) is 0 Å². The fourth-order valence-corrected chi connectivity index (χ4v) is 3.88. The lowest BCUT2D eigenvalue weighted by atomic mass is 9.75. The molecule has 0 amide bonds. The largest absolute Gasteiger partial charge is 0.371 e. The summed E-state index contributed by atoms with van der Waals surface area (Å²) < 4.78 is 0. The normalized spacial score (nSPS) is 27.1. The van der Waals surface area contributed by atoms with Crippen LogP contribution in [0.4, 0.5) is 5.69 Å². The second kappa shape index (κ2) is 5.96. The van der Waals surface area contributed by atoms with E-state index in [4.69, 9.17) is 5.73 Å². The zero-order valence-electron chi connectivity index (χ0n) is 11.9. The Hall–Kier alpha value is -1.02. The van der Waals surface area contributed by atoms with Crippen molar-refractivity contribution in [2.45, 2.75) is 38.5 Å². The van der Waals surface area contributed by atoms with Gasteiger partial charge in [0.25, 0.3) is 0 Å². The van der Waals surface area contributed by atoms with Gasteiger partial charge in [0.2, 0.25) is 0 Å². The number of hydrogen-bond donors (Lipinski definition) is 1. The van der Waals surface area contributed by atoms with Gasteiger partial charge in [0.1, 0.15) is 0 Å². The third-order valence-electron chi connectivity index (χ3n) is 5.03. The maximum absolute atomic E-state index is 5.60. The Balaban J connectivity index is 1.65. The van der Waals surface area contributed by atoms with Crippen LogP contribution in [0.3, 0.4) is 0 Å². The van der Waals surface area contributed by atoms with Crippen molar-refractivity contribution >= 4 is 5.69 Å². The Labute approximate surface area is 117 Å². The Kier molecular flexibility index (Phi) is 4.07. The van der Waals surface area contributed by atoms with E-state index in [1.165, 1.54) is 56.4 Å². The molecule has 1 saturated carbocycles. The van der Waals surface area contributed by atoms with Gasteiger partial charge in [-0.25, -0.2) is 0 Å². The molecule has 2 atom stereocenters. The Bertz CT molecular complexity index is 398. The quantitative estimate of drug-likeness (QED) is 0.902. The van der Waals surface area contributed by atoms with E-state index < -0.39 is 0 Å². The molecule has 2 fully saturated rings. The highest BCUT2D eigenvalue weighted by Crippen LogP contribution is 2.37. The van der Waals surface area contributed by atoms with E-state index in [1.54, 1.807) is 0 Å². The lowest BCUT2D eigenvalue weighted by Crippen LogP contribution is -2.41. The molecule has 1 saturated heterocycles. The third-order valence-corrected chi connectivity index (χ3v) is 5.03. The summed E-state index contributed by atoms with van der Waals surface area (Å²) in [4.78, 5) is 2.60. The predicted molar refractivity (Wildman–Crippen MR) is 81.5 cm³/mol. The SMILES string of the molecule is NCCc1ccc(N2CCC3CCCCC3C2)cc1. The highest BCUT2D eigenvalue weighted by atomic mass is 15.1. The molecular formula is C17H26N2. The molecule has 2 aliphatic rings. The van der Waals surface area contributed by atoms with Crippen LogP contribution in [0.15, 0.2) is 24.3 Å². The first kappa shape index (κ1) is 13.0. The second-order valence-electron chi connectivity index (χ2n) is 6.24. The molecular weight excluding hydrogens is 232 g/mol. The van der Waals surface area contributed by atoms with Gasteiger partial charge < -0.3 is 10.6 Å². The van der Waals surface area contributed by atoms with Gasteiger partial charge in [-0.3, -0.25) is 0 Å². The average Bonchev–Trinajstić information content (AvgIpc) is 2.48. The molecule has 3 rings (SSSR count). The van der Waals surface area contributed by atoms with Gasteiger partial charge in [0.05, 0.1) is 0 Å². The standard InChI is InChI=1S/C17H26N2/c18-11-9-14-5-7-17(8-6-14)19-12-10-15-3-1-2-4-16(15)13-19/h5-8,15-16H,1-4,9-13,18H2. The summed E-state index contributed by atoms with van der Waals surface area (Å²) in [6.07, 6.45) is 8.24. The molecule has 2 nitrogen and oxygen atoms in total. The molecule has 1 heterocycles. The van der Waals surface area contributed by atoms with Gasteiger partial charge in [0.15, 0.2) is 0 Å². The molecule has 104 valence electrons. The molecule has 2 heteroatoms. The monoisotopic (exact) mass is 258 g/mol. The summed E-state index contributed by atoms with van der Waals surface area (Å²) in [5, 5.41) is 0. The third kappa shape index (κ3) is 2.94. The first-order valence-corrected chi connectivity index (χ1v) is 7.91. The minimum absolute atomic E-state index is 0.743. The van der Waals surface area contributed by atoms with Gasteiger partial charge >= 0.3 is 0 Å². The molecule has 0 aromatic heterocycles. The molecule has 0 radical (unpaired) electrons. The highest BCUT2D eigenvalue weighted by molar-refractivity contribution is 5.48. The summed E-state index contributed by atoms with van der Waals surface area (Å²) in [5.74, 6) is 1.97. The molecule has 19 heavy (non-hydrogen) atoms. The molecule has 2 unspecified atom stereocenters. The van der Waals surface area contributed by atoms with Crippen LogP contribution in [0, 0.1) is 11.8 Å². The maximum atomic E-state index is 5.60. The topological polar surface area (TPSA) is 29.3 Å². The number of piperidine rings is 1. The van der Waals surface area contributed by atoms with Crippen LogP contribution in [-0.4, -0.2) is 19.6 Å². The summed E-state index contributed by atoms with van der Waals surface area (Å²) >= 11 is 0. The average molecular weight is 258 g/mol. The van der Waals surface area contributed by atoms with Crippen molar-refractivity contribution in [3.05, 3.63) is 29.8 Å². The van der Waals surface area contributed by atoms with Gasteiger partial charge in [-0.15, -0.1) is 0 Å². The minimum Gasteiger partial charge on any atom is -0.371 e. The summed E-state index contributed by atoms with van der Waals surface area (Å²) in [6.45, 7) is 3.27. The Morgan fingerprint density at radius 2 is 1.74 bits per heavy atom. The van der Waals surface area contributed by atoms with E-state index >= 15 is 0 Å². The molecule has 2 N–H and O–H groups in total. The first-order chi connectivity index (χ1) is 9.36. The minimum atomic E-state index is 0.743. The predicted octanol–water partition coefficient (Wildman–Crippen LogP) is 3.20. The van der Waals surface area contributed by atoms with E-state index in [1.807, 2.05) is 0 Å². The smallest absolute Gasteiger partial charge is 0.0366 e. The molecule has 1 aromatic rings. The van der Waals surface area contributed by atoms with E-state index in [9.17, 15) is 0 Å². The lowest BCUT2D eigenvalue weighted by molar-refractivity contribution is 0.202. The lowest BCUT2D eigenvalue weighted by Gasteiger charge is -2.42. The highest BCUT2D eigenvalue weighted by Gasteiger charge is 2.30. The molecule has 0 bridgehead atoms. The van der Waals surface area contributed by atoms with Gasteiger partial charge in [-0.1, -0.05) is 31.4 Å². The second-order valence-corrected chi connectivity index (χ2v) is 6.24. The number of nitrogens with zero attached hydrogens (tertiary/aromatic N) is 1. The Morgan fingerprint density at radius 3 is 2.47 bits per heavy atom. The van der Waals surface area contributed by atoms with Gasteiger partial charge in [-0.05, 0) is 55.3 Å². The maximum Gasteiger partial charge on any atom is 0.0366 e. The molecule has 1 aliphatic heterocycles. The van der Waals surface area contributed by atoms with Crippen molar-refractivity contribution in [1.82, 2.24) is 0 Å². The number of nitrogens with two attached hydrogens (primary N) is 1. The van der Waals surface area contributed by atoms with Crippen molar-refractivity contribution in [2.75, 3.05) is 24.5 Å². The van der Waals surface area contributed by atoms with Gasteiger partial charge in [0, 0.05) is 18.8 Å². The number of hydrogen-bond acceptors (Lipinski definition) is 2. The van der Waals surface area contributed by atoms with E-state index in [-0.39, 0.29) is 0 Å². The van der Waals surface area contributed by atoms with Gasteiger partial charge in [-0.2, -0.15) is 0 Å². The van der Waals surface area contributed by atoms with E-state index in [2.05, 4.69) is 29.2 Å². The van der Waals surface area contributed by atoms with Crippen molar-refractivity contribution in [1.29, 1.82) is 0 Å². The fourth-order valence-electron chi connectivity index (χ4n) is 3.88. The molecule has 1 aliphatic carbocycles. The summed E-state index contributed by atoms with van der Waals surface area (Å²) in [7, 11) is 0. The molecule has 0 spiro atoms. The van der Waals surface area contributed by atoms with Crippen LogP contribution in [0.1, 0.15) is 37.7 Å². The van der Waals surface area contributed by atoms with Crippen LogP contribution in [0.25, 0.3) is 0 Å².